The Labute approximate surface area is 184 Å². The van der Waals surface area contributed by atoms with Crippen molar-refractivity contribution in [2.75, 3.05) is 0 Å². The van der Waals surface area contributed by atoms with Crippen LogP contribution in [0.1, 0.15) is 24.8 Å². The summed E-state index contributed by atoms with van der Waals surface area (Å²) in [5.41, 5.74) is 0.883. The molecule has 0 bridgehead atoms. The van der Waals surface area contributed by atoms with Gasteiger partial charge in [-0.1, -0.05) is 53.0 Å². The summed E-state index contributed by atoms with van der Waals surface area (Å²) in [7, 11) is 0. The zero-order valence-electron chi connectivity index (χ0n) is 15.4. The Bertz CT molecular complexity index is 943. The van der Waals surface area contributed by atoms with Gasteiger partial charge in [-0.15, -0.1) is 0 Å². The summed E-state index contributed by atoms with van der Waals surface area (Å²) in [5, 5.41) is 1.62. The van der Waals surface area contributed by atoms with Gasteiger partial charge in [-0.2, -0.15) is 0 Å². The van der Waals surface area contributed by atoms with Crippen molar-refractivity contribution < 1.29 is 19.0 Å². The van der Waals surface area contributed by atoms with Crippen LogP contribution in [0.3, 0.4) is 0 Å². The molecular weight excluding hydrogens is 435 g/mol. The molecule has 4 nitrogen and oxygen atoms in total. The van der Waals surface area contributed by atoms with Gasteiger partial charge >= 0.3 is 0 Å². The number of hydrogen-bond donors (Lipinski definition) is 0. The molecule has 7 heteroatoms. The molecule has 3 atom stereocenters. The van der Waals surface area contributed by atoms with Gasteiger partial charge in [0.15, 0.2) is 0 Å². The molecule has 1 heterocycles. The molecule has 1 saturated carbocycles. The van der Waals surface area contributed by atoms with Crippen LogP contribution in [0.15, 0.2) is 54.5 Å². The van der Waals surface area contributed by atoms with Crippen LogP contribution < -0.4 is 4.74 Å². The first-order valence-corrected chi connectivity index (χ1v) is 10.5. The average Bonchev–Trinajstić information content (AvgIpc) is 2.71. The van der Waals surface area contributed by atoms with Crippen molar-refractivity contribution in [3.05, 3.63) is 75.1 Å². The zero-order valence-corrected chi connectivity index (χ0v) is 17.7. The normalized spacial score (nSPS) is 23.8. The second-order valence-electron chi connectivity index (χ2n) is 7.14. The highest BCUT2D eigenvalue weighted by Gasteiger charge is 2.41. The fourth-order valence-corrected chi connectivity index (χ4v) is 4.29. The summed E-state index contributed by atoms with van der Waals surface area (Å²) in [6.45, 7) is 0.392. The van der Waals surface area contributed by atoms with E-state index in [0.29, 0.717) is 40.3 Å². The van der Waals surface area contributed by atoms with E-state index in [1.54, 1.807) is 36.4 Å². The van der Waals surface area contributed by atoms with Gasteiger partial charge in [-0.3, -0.25) is 4.79 Å². The Morgan fingerprint density at radius 3 is 2.66 bits per heavy atom. The molecule has 0 N–H and O–H groups in total. The van der Waals surface area contributed by atoms with Crippen LogP contribution in [0.2, 0.25) is 15.1 Å². The molecule has 0 spiro atoms. The molecule has 152 valence electrons. The maximum absolute atomic E-state index is 12.9. The Morgan fingerprint density at radius 2 is 1.86 bits per heavy atom. The summed E-state index contributed by atoms with van der Waals surface area (Å²) < 4.78 is 17.5. The summed E-state index contributed by atoms with van der Waals surface area (Å²) in [6, 6.07) is 12.4. The lowest BCUT2D eigenvalue weighted by Crippen LogP contribution is -2.42. The Hall–Kier alpha value is -1.72. The Balaban J connectivity index is 1.37. The third-order valence-corrected chi connectivity index (χ3v) is 6.12. The summed E-state index contributed by atoms with van der Waals surface area (Å²) in [4.78, 5) is 12.9. The molecule has 2 aromatic rings. The van der Waals surface area contributed by atoms with Crippen LogP contribution >= 0.6 is 34.8 Å². The van der Waals surface area contributed by atoms with Crippen LogP contribution in [0.4, 0.5) is 0 Å². The lowest BCUT2D eigenvalue weighted by Gasteiger charge is -2.37. The first-order valence-electron chi connectivity index (χ1n) is 9.39. The van der Waals surface area contributed by atoms with Gasteiger partial charge in [0.25, 0.3) is 0 Å². The fourth-order valence-electron chi connectivity index (χ4n) is 3.65. The third kappa shape index (κ3) is 4.72. The van der Waals surface area contributed by atoms with Crippen molar-refractivity contribution in [1.29, 1.82) is 0 Å². The third-order valence-electron chi connectivity index (χ3n) is 5.22. The number of carbonyl (C=O) groups is 1. The standard InChI is InChI=1S/C22H19Cl3O4/c23-14-6-5-13(18(25)9-14)11-27-15-7-8-16-20(10-15)28-12-21(22(16)26)29-19-4-2-1-3-17(19)24/h1-6,9,12,15-16,20H,7-8,10-11H2. The zero-order chi connectivity index (χ0) is 20.4. The molecule has 3 unspecified atom stereocenters. The molecule has 0 amide bonds. The highest BCUT2D eigenvalue weighted by atomic mass is 35.5. The van der Waals surface area contributed by atoms with Gasteiger partial charge < -0.3 is 14.2 Å². The quantitative estimate of drug-likeness (QED) is 0.539. The molecule has 2 aliphatic rings. The van der Waals surface area contributed by atoms with Gasteiger partial charge in [0, 0.05) is 16.5 Å². The molecular formula is C22H19Cl3O4. The minimum atomic E-state index is -0.239. The smallest absolute Gasteiger partial charge is 0.208 e. The first-order chi connectivity index (χ1) is 14.0. The average molecular weight is 454 g/mol. The van der Waals surface area contributed by atoms with Crippen molar-refractivity contribution in [3.63, 3.8) is 0 Å². The van der Waals surface area contributed by atoms with Gasteiger partial charge in [0.05, 0.1) is 23.7 Å². The van der Waals surface area contributed by atoms with Crippen LogP contribution in [0.5, 0.6) is 5.75 Å². The van der Waals surface area contributed by atoms with E-state index in [2.05, 4.69) is 0 Å². The van der Waals surface area contributed by atoms with Crippen LogP contribution in [0.25, 0.3) is 0 Å². The number of hydrogen-bond acceptors (Lipinski definition) is 4. The molecule has 0 radical (unpaired) electrons. The van der Waals surface area contributed by atoms with Gasteiger partial charge in [-0.05, 0) is 42.7 Å². The van der Waals surface area contributed by atoms with Crippen LogP contribution in [0, 0.1) is 5.92 Å². The number of Topliss-reactive ketones (excluding diaryl/α,β-unsaturated/α-hetero) is 1. The number of benzene rings is 2. The van der Waals surface area contributed by atoms with E-state index in [1.165, 1.54) is 6.26 Å². The molecule has 1 aliphatic heterocycles. The second kappa shape index (κ2) is 8.97. The Kier molecular flexibility index (Phi) is 6.35. The SMILES string of the molecule is O=C1C(Oc2ccccc2Cl)=COC2CC(OCc3ccc(Cl)cc3Cl)CCC12. The predicted octanol–water partition coefficient (Wildman–Crippen LogP) is 6.22. The van der Waals surface area contributed by atoms with Crippen LogP contribution in [-0.2, 0) is 20.9 Å². The molecule has 29 heavy (non-hydrogen) atoms. The molecule has 1 aliphatic carbocycles. The number of rotatable bonds is 5. The van der Waals surface area contributed by atoms with E-state index in [9.17, 15) is 4.79 Å². The van der Waals surface area contributed by atoms with Crippen molar-refractivity contribution in [3.8, 4) is 5.75 Å². The minimum Gasteiger partial charge on any atom is -0.493 e. The maximum atomic E-state index is 12.9. The molecule has 2 aromatic carbocycles. The Morgan fingerprint density at radius 1 is 1.03 bits per heavy atom. The maximum Gasteiger partial charge on any atom is 0.208 e. The molecule has 1 fully saturated rings. The predicted molar refractivity (Wildman–Crippen MR) is 112 cm³/mol. The number of halogens is 3. The number of carbonyl (C=O) groups excluding carboxylic acids is 1. The number of allylic oxidation sites excluding steroid dienone is 1. The number of fused-ring (bicyclic) bond motifs is 1. The summed E-state index contributed by atoms with van der Waals surface area (Å²) >= 11 is 18.3. The topological polar surface area (TPSA) is 44.8 Å². The number of ether oxygens (including phenoxy) is 3. The van der Waals surface area contributed by atoms with Crippen molar-refractivity contribution >= 4 is 40.6 Å². The number of ketones is 1. The highest BCUT2D eigenvalue weighted by molar-refractivity contribution is 6.35. The summed E-state index contributed by atoms with van der Waals surface area (Å²) in [6.07, 6.45) is 3.24. The fraction of sp³-hybridized carbons (Fsp3) is 0.318. The van der Waals surface area contributed by atoms with E-state index in [4.69, 9.17) is 49.0 Å². The van der Waals surface area contributed by atoms with E-state index in [0.717, 1.165) is 12.0 Å². The molecule has 4 rings (SSSR count). The summed E-state index contributed by atoms with van der Waals surface area (Å²) in [5.74, 6) is 0.330. The monoisotopic (exact) mass is 452 g/mol. The highest BCUT2D eigenvalue weighted by Crippen LogP contribution is 2.36. The van der Waals surface area contributed by atoms with Crippen molar-refractivity contribution in [2.45, 2.75) is 38.1 Å². The van der Waals surface area contributed by atoms with Gasteiger partial charge in [0.2, 0.25) is 11.5 Å². The first kappa shape index (κ1) is 20.5. The van der Waals surface area contributed by atoms with Gasteiger partial charge in [-0.25, -0.2) is 0 Å². The molecule has 0 aromatic heterocycles. The largest absolute Gasteiger partial charge is 0.493 e. The lowest BCUT2D eigenvalue weighted by atomic mass is 9.80. The van der Waals surface area contributed by atoms with E-state index in [1.807, 2.05) is 6.07 Å². The van der Waals surface area contributed by atoms with E-state index >= 15 is 0 Å². The van der Waals surface area contributed by atoms with E-state index in [-0.39, 0.29) is 29.7 Å². The van der Waals surface area contributed by atoms with Crippen molar-refractivity contribution in [1.82, 2.24) is 0 Å². The molecule has 0 saturated heterocycles. The lowest BCUT2D eigenvalue weighted by molar-refractivity contribution is -0.134. The second-order valence-corrected chi connectivity index (χ2v) is 8.39. The van der Waals surface area contributed by atoms with Crippen molar-refractivity contribution in [2.24, 2.45) is 5.92 Å². The van der Waals surface area contributed by atoms with E-state index < -0.39 is 0 Å². The minimum absolute atomic E-state index is 0.00442. The number of para-hydroxylation sites is 1. The van der Waals surface area contributed by atoms with Crippen LogP contribution in [-0.4, -0.2) is 18.0 Å². The van der Waals surface area contributed by atoms with Gasteiger partial charge in [0.1, 0.15) is 18.1 Å².